The summed E-state index contributed by atoms with van der Waals surface area (Å²) in [6.45, 7) is 1.61. The van der Waals surface area contributed by atoms with E-state index in [1.807, 2.05) is 0 Å². The number of likely N-dealkylation sites (tertiary alicyclic amines) is 1. The van der Waals surface area contributed by atoms with Gasteiger partial charge in [-0.3, -0.25) is 4.79 Å². The molecule has 1 amide bonds. The lowest BCUT2D eigenvalue weighted by Gasteiger charge is -2.32. The highest BCUT2D eigenvalue weighted by Crippen LogP contribution is 2.21. The Hall–Kier alpha value is -2.43. The SMILES string of the molecule is O=C(c1ccccc1F)N1CCCC(COc2ccc(F)cc2)C1. The van der Waals surface area contributed by atoms with Crippen molar-refractivity contribution in [2.75, 3.05) is 19.7 Å². The molecule has 0 N–H and O–H groups in total. The molecule has 1 unspecified atom stereocenters. The molecule has 5 heteroatoms. The second-order valence-electron chi connectivity index (χ2n) is 6.00. The Bertz CT molecular complexity index is 703. The quantitative estimate of drug-likeness (QED) is 0.850. The Kier molecular flexibility index (Phi) is 5.08. The minimum absolute atomic E-state index is 0.109. The van der Waals surface area contributed by atoms with Gasteiger partial charge in [-0.25, -0.2) is 8.78 Å². The third-order valence-electron chi connectivity index (χ3n) is 4.21. The molecule has 0 radical (unpaired) electrons. The minimum Gasteiger partial charge on any atom is -0.493 e. The van der Waals surface area contributed by atoms with Gasteiger partial charge >= 0.3 is 0 Å². The number of hydrogen-bond acceptors (Lipinski definition) is 2. The number of ether oxygens (including phenoxy) is 1. The van der Waals surface area contributed by atoms with Crippen LogP contribution < -0.4 is 4.74 Å². The molecular formula is C19H19F2NO2. The number of piperidine rings is 1. The van der Waals surface area contributed by atoms with Gasteiger partial charge in [0.2, 0.25) is 0 Å². The highest BCUT2D eigenvalue weighted by atomic mass is 19.1. The summed E-state index contributed by atoms with van der Waals surface area (Å²) in [6, 6.07) is 11.9. The van der Waals surface area contributed by atoms with Gasteiger partial charge in [0.25, 0.3) is 5.91 Å². The van der Waals surface area contributed by atoms with Crippen molar-refractivity contribution in [2.45, 2.75) is 12.8 Å². The standard InChI is InChI=1S/C19H19F2NO2/c20-15-7-9-16(10-8-15)24-13-14-4-3-11-22(12-14)19(23)17-5-1-2-6-18(17)21/h1-2,5-10,14H,3-4,11-13H2. The van der Waals surface area contributed by atoms with Crippen LogP contribution in [0, 0.1) is 17.6 Å². The molecule has 1 aliphatic rings. The number of nitrogens with zero attached hydrogens (tertiary/aromatic N) is 1. The van der Waals surface area contributed by atoms with Crippen molar-refractivity contribution in [1.82, 2.24) is 4.90 Å². The number of rotatable bonds is 4. The Morgan fingerprint density at radius 1 is 1.12 bits per heavy atom. The van der Waals surface area contributed by atoms with Crippen LogP contribution in [0.3, 0.4) is 0 Å². The first-order valence-electron chi connectivity index (χ1n) is 8.05. The fourth-order valence-electron chi connectivity index (χ4n) is 2.94. The summed E-state index contributed by atoms with van der Waals surface area (Å²) in [5.41, 5.74) is 0.109. The number of hydrogen-bond donors (Lipinski definition) is 0. The molecule has 0 aliphatic carbocycles. The molecule has 0 aromatic heterocycles. The molecule has 24 heavy (non-hydrogen) atoms. The van der Waals surface area contributed by atoms with Gasteiger partial charge in [0.05, 0.1) is 12.2 Å². The van der Waals surface area contributed by atoms with Crippen molar-refractivity contribution in [3.05, 3.63) is 65.7 Å². The first-order chi connectivity index (χ1) is 11.6. The van der Waals surface area contributed by atoms with E-state index in [0.29, 0.717) is 25.4 Å². The zero-order valence-electron chi connectivity index (χ0n) is 13.3. The van der Waals surface area contributed by atoms with E-state index in [2.05, 4.69) is 0 Å². The van der Waals surface area contributed by atoms with E-state index in [4.69, 9.17) is 4.74 Å². The molecule has 1 aliphatic heterocycles. The third-order valence-corrected chi connectivity index (χ3v) is 4.21. The zero-order chi connectivity index (χ0) is 16.9. The van der Waals surface area contributed by atoms with Crippen LogP contribution in [0.4, 0.5) is 8.78 Å². The zero-order valence-corrected chi connectivity index (χ0v) is 13.3. The number of carbonyl (C=O) groups excluding carboxylic acids is 1. The fourth-order valence-corrected chi connectivity index (χ4v) is 2.94. The second-order valence-corrected chi connectivity index (χ2v) is 6.00. The maximum absolute atomic E-state index is 13.8. The van der Waals surface area contributed by atoms with E-state index in [0.717, 1.165) is 12.8 Å². The molecule has 1 fully saturated rings. The monoisotopic (exact) mass is 331 g/mol. The maximum atomic E-state index is 13.8. The molecule has 1 heterocycles. The summed E-state index contributed by atoms with van der Waals surface area (Å²) < 4.78 is 32.4. The summed E-state index contributed by atoms with van der Waals surface area (Å²) in [7, 11) is 0. The van der Waals surface area contributed by atoms with E-state index >= 15 is 0 Å². The molecule has 0 bridgehead atoms. The Labute approximate surface area is 139 Å². The number of halogens is 2. The van der Waals surface area contributed by atoms with Gasteiger partial charge in [-0.1, -0.05) is 12.1 Å². The fraction of sp³-hybridized carbons (Fsp3) is 0.316. The first kappa shape index (κ1) is 16.4. The highest BCUT2D eigenvalue weighted by Gasteiger charge is 2.26. The summed E-state index contributed by atoms with van der Waals surface area (Å²) in [5.74, 6) is -0.290. The minimum atomic E-state index is -0.493. The van der Waals surface area contributed by atoms with Gasteiger partial charge in [0.1, 0.15) is 17.4 Å². The molecule has 1 saturated heterocycles. The van der Waals surface area contributed by atoms with Crippen molar-refractivity contribution >= 4 is 5.91 Å². The summed E-state index contributed by atoms with van der Waals surface area (Å²) in [4.78, 5) is 14.2. The molecular weight excluding hydrogens is 312 g/mol. The van der Waals surface area contributed by atoms with Crippen LogP contribution in [0.5, 0.6) is 5.75 Å². The normalized spacial score (nSPS) is 17.6. The smallest absolute Gasteiger partial charge is 0.256 e. The summed E-state index contributed by atoms with van der Waals surface area (Å²) in [5, 5.41) is 0. The van der Waals surface area contributed by atoms with E-state index in [1.165, 1.54) is 24.3 Å². The molecule has 0 saturated carbocycles. The lowest BCUT2D eigenvalue weighted by atomic mass is 9.98. The third kappa shape index (κ3) is 3.91. The molecule has 2 aromatic carbocycles. The average molecular weight is 331 g/mol. The number of amides is 1. The van der Waals surface area contributed by atoms with Crippen LogP contribution in [-0.2, 0) is 0 Å². The van der Waals surface area contributed by atoms with Gasteiger partial charge in [-0.15, -0.1) is 0 Å². The van der Waals surface area contributed by atoms with Gasteiger partial charge in [-0.2, -0.15) is 0 Å². The van der Waals surface area contributed by atoms with Gasteiger partial charge < -0.3 is 9.64 Å². The lowest BCUT2D eigenvalue weighted by molar-refractivity contribution is 0.0628. The maximum Gasteiger partial charge on any atom is 0.256 e. The molecule has 3 nitrogen and oxygen atoms in total. The van der Waals surface area contributed by atoms with Crippen LogP contribution in [0.1, 0.15) is 23.2 Å². The molecule has 1 atom stereocenters. The predicted octanol–water partition coefficient (Wildman–Crippen LogP) is 3.90. The highest BCUT2D eigenvalue weighted by molar-refractivity contribution is 5.94. The van der Waals surface area contributed by atoms with Crippen LogP contribution in [0.15, 0.2) is 48.5 Å². The van der Waals surface area contributed by atoms with Crippen molar-refractivity contribution in [3.63, 3.8) is 0 Å². The van der Waals surface area contributed by atoms with Crippen LogP contribution in [0.2, 0.25) is 0 Å². The Morgan fingerprint density at radius 3 is 2.62 bits per heavy atom. The van der Waals surface area contributed by atoms with Crippen molar-refractivity contribution in [1.29, 1.82) is 0 Å². The summed E-state index contributed by atoms with van der Waals surface area (Å²) in [6.07, 6.45) is 1.81. The topological polar surface area (TPSA) is 29.5 Å². The van der Waals surface area contributed by atoms with E-state index in [9.17, 15) is 13.6 Å². The number of benzene rings is 2. The summed E-state index contributed by atoms with van der Waals surface area (Å²) >= 11 is 0. The molecule has 2 aromatic rings. The number of carbonyl (C=O) groups is 1. The van der Waals surface area contributed by atoms with E-state index < -0.39 is 5.82 Å². The second kappa shape index (κ2) is 7.43. The Balaban J connectivity index is 1.59. The van der Waals surface area contributed by atoms with Crippen LogP contribution in [0.25, 0.3) is 0 Å². The van der Waals surface area contributed by atoms with Crippen LogP contribution in [-0.4, -0.2) is 30.5 Å². The predicted molar refractivity (Wildman–Crippen MR) is 86.9 cm³/mol. The van der Waals surface area contributed by atoms with E-state index in [1.54, 1.807) is 29.2 Å². The van der Waals surface area contributed by atoms with Gasteiger partial charge in [0, 0.05) is 19.0 Å². The lowest BCUT2D eigenvalue weighted by Crippen LogP contribution is -2.41. The van der Waals surface area contributed by atoms with Gasteiger partial charge in [0.15, 0.2) is 0 Å². The molecule has 126 valence electrons. The molecule has 0 spiro atoms. The average Bonchev–Trinajstić information content (AvgIpc) is 2.61. The van der Waals surface area contributed by atoms with Crippen molar-refractivity contribution in [2.24, 2.45) is 5.92 Å². The molecule has 3 rings (SSSR count). The van der Waals surface area contributed by atoms with Crippen molar-refractivity contribution in [3.8, 4) is 5.75 Å². The van der Waals surface area contributed by atoms with Crippen LogP contribution >= 0.6 is 0 Å². The first-order valence-corrected chi connectivity index (χ1v) is 8.05. The largest absolute Gasteiger partial charge is 0.493 e. The Morgan fingerprint density at radius 2 is 1.88 bits per heavy atom. The van der Waals surface area contributed by atoms with E-state index in [-0.39, 0.29) is 23.2 Å². The van der Waals surface area contributed by atoms with Gasteiger partial charge in [-0.05, 0) is 49.2 Å². The van der Waals surface area contributed by atoms with Crippen molar-refractivity contribution < 1.29 is 18.3 Å².